The standard InChI is InChI=1S/C50H35N9/c1-57-51-44-21-11-20-40(46(44)52-57)45(41-26-24-38(47-49(41)55-58(2)53-47)35-19-10-18-34-31-14-6-4-12-29(31)22-23-37(34)35)42-27-25-39(48-50(42)56-59(3)54-48)43-28-30-13-5-7-15-32(30)33-16-8-9-17-36(33)43/h4-28,45H,1-3H3. The maximum atomic E-state index is 5.13. The number of fused-ring (bicyclic) bond motifs is 9. The summed E-state index contributed by atoms with van der Waals surface area (Å²) < 4.78 is 0. The van der Waals surface area contributed by atoms with Crippen molar-refractivity contribution in [2.24, 2.45) is 21.1 Å². The lowest BCUT2D eigenvalue weighted by atomic mass is 9.81. The number of nitrogens with zero attached hydrogens (tertiary/aromatic N) is 9. The zero-order chi connectivity index (χ0) is 39.4. The van der Waals surface area contributed by atoms with Crippen molar-refractivity contribution in [1.29, 1.82) is 0 Å². The Bertz CT molecular complexity index is 3680. The van der Waals surface area contributed by atoms with Crippen LogP contribution in [-0.2, 0) is 21.1 Å². The van der Waals surface area contributed by atoms with Crippen molar-refractivity contribution in [1.82, 2.24) is 45.0 Å². The fourth-order valence-corrected chi connectivity index (χ4v) is 9.48. The first-order valence-corrected chi connectivity index (χ1v) is 19.8. The van der Waals surface area contributed by atoms with E-state index in [1.54, 1.807) is 14.4 Å². The predicted octanol–water partition coefficient (Wildman–Crippen LogP) is 10.7. The SMILES string of the molecule is Cn1nc2cccc(C(c3ccc(-c4cccc5c4ccc4ccccc45)c4nn(C)nc34)c3ccc(-c4cc5ccccc5c5ccccc45)c4nn(C)nc34)c2n1. The van der Waals surface area contributed by atoms with Gasteiger partial charge in [-0.3, -0.25) is 0 Å². The molecule has 9 aromatic carbocycles. The van der Waals surface area contributed by atoms with Gasteiger partial charge in [-0.05, 0) is 83.0 Å². The van der Waals surface area contributed by atoms with Crippen LogP contribution >= 0.6 is 0 Å². The van der Waals surface area contributed by atoms with Crippen LogP contribution in [0.2, 0.25) is 0 Å². The minimum absolute atomic E-state index is 0.346. The molecule has 9 heteroatoms. The lowest BCUT2D eigenvalue weighted by Gasteiger charge is -2.21. The Kier molecular flexibility index (Phi) is 7.13. The molecule has 9 nitrogen and oxygen atoms in total. The van der Waals surface area contributed by atoms with E-state index in [-0.39, 0.29) is 5.92 Å². The van der Waals surface area contributed by atoms with Crippen molar-refractivity contribution >= 4 is 76.2 Å². The van der Waals surface area contributed by atoms with Gasteiger partial charge in [0.25, 0.3) is 0 Å². The molecule has 0 saturated heterocycles. The highest BCUT2D eigenvalue weighted by molar-refractivity contribution is 6.16. The molecule has 0 aliphatic rings. The molecule has 0 fully saturated rings. The predicted molar refractivity (Wildman–Crippen MR) is 237 cm³/mol. The van der Waals surface area contributed by atoms with Gasteiger partial charge in [0.05, 0.1) is 0 Å². The van der Waals surface area contributed by atoms with Crippen molar-refractivity contribution < 1.29 is 0 Å². The number of aromatic nitrogens is 9. The molecule has 0 aliphatic heterocycles. The maximum absolute atomic E-state index is 5.13. The molecule has 0 N–H and O–H groups in total. The van der Waals surface area contributed by atoms with Crippen molar-refractivity contribution in [2.45, 2.75) is 5.92 Å². The van der Waals surface area contributed by atoms with E-state index < -0.39 is 0 Å². The number of hydrogen-bond acceptors (Lipinski definition) is 6. The molecular formula is C50H35N9. The first-order chi connectivity index (χ1) is 29.0. The Morgan fingerprint density at radius 1 is 0.322 bits per heavy atom. The highest BCUT2D eigenvalue weighted by atomic mass is 15.5. The van der Waals surface area contributed by atoms with E-state index in [0.717, 1.165) is 72.0 Å². The zero-order valence-corrected chi connectivity index (χ0v) is 32.5. The molecule has 12 rings (SSSR count). The minimum atomic E-state index is -0.346. The van der Waals surface area contributed by atoms with Crippen molar-refractivity contribution in [3.05, 3.63) is 168 Å². The number of hydrogen-bond donors (Lipinski definition) is 0. The Labute approximate surface area is 337 Å². The van der Waals surface area contributed by atoms with Crippen molar-refractivity contribution in [3.63, 3.8) is 0 Å². The molecular weight excluding hydrogens is 727 g/mol. The number of rotatable bonds is 5. The topological polar surface area (TPSA) is 92.1 Å². The van der Waals surface area contributed by atoms with Gasteiger partial charge in [-0.1, -0.05) is 140 Å². The zero-order valence-electron chi connectivity index (χ0n) is 32.5. The third-order valence-electron chi connectivity index (χ3n) is 12.0. The fraction of sp³-hybridized carbons (Fsp3) is 0.0800. The molecule has 12 aromatic rings. The quantitative estimate of drug-likeness (QED) is 0.128. The molecule has 0 saturated carbocycles. The normalized spacial score (nSPS) is 12.6. The summed E-state index contributed by atoms with van der Waals surface area (Å²) in [7, 11) is 5.66. The molecule has 0 radical (unpaired) electrons. The third-order valence-corrected chi connectivity index (χ3v) is 12.0. The van der Waals surface area contributed by atoms with Crippen LogP contribution in [0.25, 0.3) is 98.4 Å². The average molecular weight is 762 g/mol. The summed E-state index contributed by atoms with van der Waals surface area (Å²) in [6, 6.07) is 54.1. The van der Waals surface area contributed by atoms with Gasteiger partial charge in [-0.2, -0.15) is 45.0 Å². The highest BCUT2D eigenvalue weighted by Crippen LogP contribution is 2.45. The number of aryl methyl sites for hydroxylation is 3. The van der Waals surface area contributed by atoms with Crippen molar-refractivity contribution in [2.75, 3.05) is 0 Å². The van der Waals surface area contributed by atoms with Gasteiger partial charge in [0.1, 0.15) is 33.1 Å². The van der Waals surface area contributed by atoms with Gasteiger partial charge in [-0.15, -0.1) is 0 Å². The van der Waals surface area contributed by atoms with E-state index in [1.807, 2.05) is 27.2 Å². The van der Waals surface area contributed by atoms with Crippen LogP contribution in [0.5, 0.6) is 0 Å². The van der Waals surface area contributed by atoms with E-state index in [1.165, 1.54) is 43.1 Å². The first-order valence-electron chi connectivity index (χ1n) is 19.8. The van der Waals surface area contributed by atoms with Crippen LogP contribution in [0.4, 0.5) is 0 Å². The van der Waals surface area contributed by atoms with Crippen LogP contribution in [0.1, 0.15) is 22.6 Å². The second-order valence-corrected chi connectivity index (χ2v) is 15.4. The second-order valence-electron chi connectivity index (χ2n) is 15.4. The summed E-state index contributed by atoms with van der Waals surface area (Å²) in [5.74, 6) is -0.346. The summed E-state index contributed by atoms with van der Waals surface area (Å²) in [5.41, 5.74) is 12.2. The Morgan fingerprint density at radius 3 is 1.53 bits per heavy atom. The Morgan fingerprint density at radius 2 is 0.814 bits per heavy atom. The van der Waals surface area contributed by atoms with Gasteiger partial charge in [0, 0.05) is 38.2 Å². The van der Waals surface area contributed by atoms with Crippen LogP contribution < -0.4 is 0 Å². The van der Waals surface area contributed by atoms with Crippen LogP contribution in [-0.4, -0.2) is 45.0 Å². The monoisotopic (exact) mass is 761 g/mol. The van der Waals surface area contributed by atoms with Gasteiger partial charge >= 0.3 is 0 Å². The molecule has 59 heavy (non-hydrogen) atoms. The highest BCUT2D eigenvalue weighted by Gasteiger charge is 2.30. The second kappa shape index (κ2) is 12.6. The van der Waals surface area contributed by atoms with Crippen LogP contribution in [0, 0.1) is 0 Å². The van der Waals surface area contributed by atoms with Crippen LogP contribution in [0.15, 0.2) is 152 Å². The molecule has 0 spiro atoms. The molecule has 0 amide bonds. The lowest BCUT2D eigenvalue weighted by Crippen LogP contribution is -2.07. The van der Waals surface area contributed by atoms with E-state index in [9.17, 15) is 0 Å². The smallest absolute Gasteiger partial charge is 0.121 e. The maximum Gasteiger partial charge on any atom is 0.121 e. The van der Waals surface area contributed by atoms with Crippen molar-refractivity contribution in [3.8, 4) is 22.3 Å². The van der Waals surface area contributed by atoms with Gasteiger partial charge in [-0.25, -0.2) is 0 Å². The van der Waals surface area contributed by atoms with Gasteiger partial charge in [0.15, 0.2) is 0 Å². The number of benzene rings is 9. The summed E-state index contributed by atoms with van der Waals surface area (Å²) in [6.45, 7) is 0. The average Bonchev–Trinajstić information content (AvgIpc) is 3.98. The molecule has 280 valence electrons. The lowest BCUT2D eigenvalue weighted by molar-refractivity contribution is 0.663. The fourth-order valence-electron chi connectivity index (χ4n) is 9.48. The minimum Gasteiger partial charge on any atom is -0.187 e. The third kappa shape index (κ3) is 5.04. The molecule has 1 atom stereocenters. The first kappa shape index (κ1) is 33.4. The molecule has 3 heterocycles. The van der Waals surface area contributed by atoms with E-state index in [2.05, 4.69) is 146 Å². The Balaban J connectivity index is 1.13. The Hall–Kier alpha value is -7.78. The summed E-state index contributed by atoms with van der Waals surface area (Å²) in [5, 5.41) is 39.7. The van der Waals surface area contributed by atoms with E-state index in [0.29, 0.717) is 0 Å². The molecule has 0 bridgehead atoms. The molecule has 3 aromatic heterocycles. The molecule has 1 unspecified atom stereocenters. The molecule has 0 aliphatic carbocycles. The summed E-state index contributed by atoms with van der Waals surface area (Å²) in [4.78, 5) is 5.01. The summed E-state index contributed by atoms with van der Waals surface area (Å²) >= 11 is 0. The largest absolute Gasteiger partial charge is 0.187 e. The van der Waals surface area contributed by atoms with E-state index >= 15 is 0 Å². The van der Waals surface area contributed by atoms with E-state index in [4.69, 9.17) is 30.6 Å². The van der Waals surface area contributed by atoms with Gasteiger partial charge < -0.3 is 0 Å². The van der Waals surface area contributed by atoms with Gasteiger partial charge in [0.2, 0.25) is 0 Å². The summed E-state index contributed by atoms with van der Waals surface area (Å²) in [6.07, 6.45) is 0. The van der Waals surface area contributed by atoms with Crippen LogP contribution in [0.3, 0.4) is 0 Å².